The van der Waals surface area contributed by atoms with E-state index in [9.17, 15) is 4.79 Å². The van der Waals surface area contributed by atoms with E-state index in [4.69, 9.17) is 9.47 Å². The van der Waals surface area contributed by atoms with Crippen molar-refractivity contribution >= 4 is 5.97 Å². The number of esters is 1. The summed E-state index contributed by atoms with van der Waals surface area (Å²) in [5, 5.41) is 3.31. The molecule has 1 rings (SSSR count). The number of methoxy groups -OCH3 is 1. The molecule has 0 heterocycles. The zero-order chi connectivity index (χ0) is 14.3. The molecule has 4 heteroatoms. The molecule has 0 aromatic carbocycles. The van der Waals surface area contributed by atoms with Crippen LogP contribution in [-0.4, -0.2) is 37.4 Å². The molecule has 1 saturated carbocycles. The Morgan fingerprint density at radius 1 is 1.37 bits per heavy atom. The number of carbonyl (C=O) groups excluding carboxylic acids is 1. The first-order chi connectivity index (χ1) is 8.98. The summed E-state index contributed by atoms with van der Waals surface area (Å²) in [6.45, 7) is 6.82. The van der Waals surface area contributed by atoms with Gasteiger partial charge in [-0.1, -0.05) is 0 Å². The summed E-state index contributed by atoms with van der Waals surface area (Å²) in [7, 11) is 1.45. The Bertz CT molecular complexity index is 277. The molecule has 1 unspecified atom stereocenters. The molecule has 0 saturated heterocycles. The van der Waals surface area contributed by atoms with Crippen LogP contribution in [0.1, 0.15) is 59.3 Å². The number of hydrogen-bond acceptors (Lipinski definition) is 4. The summed E-state index contributed by atoms with van der Waals surface area (Å²) in [6.07, 6.45) is 7.00. The first-order valence-corrected chi connectivity index (χ1v) is 7.45. The molecule has 1 aliphatic carbocycles. The number of carbonyl (C=O) groups is 1. The second-order valence-corrected chi connectivity index (χ2v) is 6.00. The van der Waals surface area contributed by atoms with Crippen LogP contribution >= 0.6 is 0 Å². The van der Waals surface area contributed by atoms with E-state index in [-0.39, 0.29) is 12.0 Å². The molecule has 1 aliphatic rings. The molecule has 0 aromatic heterocycles. The van der Waals surface area contributed by atoms with E-state index in [0.717, 1.165) is 25.9 Å². The number of rotatable bonds is 9. The Kier molecular flexibility index (Phi) is 6.80. The highest BCUT2D eigenvalue weighted by molar-refractivity contribution is 5.80. The molecular formula is C15H29NO3. The summed E-state index contributed by atoms with van der Waals surface area (Å²) in [4.78, 5) is 11.9. The molecule has 0 spiro atoms. The number of unbranched alkanes of at least 4 members (excludes halogenated alkanes) is 1. The Labute approximate surface area is 117 Å². The zero-order valence-electron chi connectivity index (χ0n) is 12.8. The lowest BCUT2D eigenvalue weighted by Crippen LogP contribution is -2.52. The first kappa shape index (κ1) is 16.4. The third-order valence-electron chi connectivity index (χ3n) is 3.72. The maximum Gasteiger partial charge on any atom is 0.325 e. The van der Waals surface area contributed by atoms with Gasteiger partial charge in [-0.2, -0.15) is 0 Å². The molecule has 1 fully saturated rings. The van der Waals surface area contributed by atoms with Crippen LogP contribution in [0, 0.1) is 0 Å². The van der Waals surface area contributed by atoms with Crippen molar-refractivity contribution in [1.29, 1.82) is 0 Å². The zero-order valence-corrected chi connectivity index (χ0v) is 12.8. The van der Waals surface area contributed by atoms with E-state index in [2.05, 4.69) is 5.32 Å². The van der Waals surface area contributed by atoms with Gasteiger partial charge in [0.1, 0.15) is 5.54 Å². The molecule has 19 heavy (non-hydrogen) atoms. The molecule has 0 bridgehead atoms. The topological polar surface area (TPSA) is 47.6 Å². The van der Waals surface area contributed by atoms with Crippen LogP contribution in [0.15, 0.2) is 0 Å². The van der Waals surface area contributed by atoms with Gasteiger partial charge in [0.05, 0.1) is 13.2 Å². The lowest BCUT2D eigenvalue weighted by atomic mass is 9.93. The monoisotopic (exact) mass is 271 g/mol. The van der Waals surface area contributed by atoms with Crippen LogP contribution in [0.25, 0.3) is 0 Å². The second-order valence-electron chi connectivity index (χ2n) is 6.00. The van der Waals surface area contributed by atoms with Crippen molar-refractivity contribution in [3.8, 4) is 0 Å². The minimum absolute atomic E-state index is 0.180. The third-order valence-corrected chi connectivity index (χ3v) is 3.72. The Morgan fingerprint density at radius 2 is 2.05 bits per heavy atom. The van der Waals surface area contributed by atoms with Gasteiger partial charge in [0.25, 0.3) is 0 Å². The third kappa shape index (κ3) is 5.49. The van der Waals surface area contributed by atoms with Crippen molar-refractivity contribution in [2.45, 2.75) is 77.0 Å². The molecular weight excluding hydrogens is 242 g/mol. The van der Waals surface area contributed by atoms with Crippen molar-refractivity contribution in [2.75, 3.05) is 13.7 Å². The van der Waals surface area contributed by atoms with Crippen LogP contribution in [0.5, 0.6) is 0 Å². The standard InChI is InChI=1S/C15H29NO3/c1-12(2)16-15(3,14(17)18-4)10-5-6-11-19-13-8-7-9-13/h12-13,16H,5-11H2,1-4H3. The molecule has 0 aromatic rings. The smallest absolute Gasteiger partial charge is 0.325 e. The van der Waals surface area contributed by atoms with E-state index in [1.807, 2.05) is 20.8 Å². The van der Waals surface area contributed by atoms with Crippen LogP contribution in [0.4, 0.5) is 0 Å². The quantitative estimate of drug-likeness (QED) is 0.517. The van der Waals surface area contributed by atoms with Gasteiger partial charge in [-0.25, -0.2) is 0 Å². The normalized spacial score (nSPS) is 19.0. The second kappa shape index (κ2) is 7.85. The predicted molar refractivity (Wildman–Crippen MR) is 76.1 cm³/mol. The van der Waals surface area contributed by atoms with Crippen molar-refractivity contribution in [2.24, 2.45) is 0 Å². The average Bonchev–Trinajstić information content (AvgIpc) is 2.29. The minimum Gasteiger partial charge on any atom is -0.468 e. The fourth-order valence-electron chi connectivity index (χ4n) is 2.46. The van der Waals surface area contributed by atoms with Crippen LogP contribution in [0.2, 0.25) is 0 Å². The van der Waals surface area contributed by atoms with Gasteiger partial charge in [0.2, 0.25) is 0 Å². The highest BCUT2D eigenvalue weighted by Gasteiger charge is 2.34. The van der Waals surface area contributed by atoms with Gasteiger partial charge in [0, 0.05) is 12.6 Å². The van der Waals surface area contributed by atoms with Crippen molar-refractivity contribution in [1.82, 2.24) is 5.32 Å². The predicted octanol–water partition coefficient (Wildman–Crippen LogP) is 2.66. The molecule has 0 aliphatic heterocycles. The number of ether oxygens (including phenoxy) is 2. The maximum atomic E-state index is 11.9. The van der Waals surface area contributed by atoms with E-state index in [1.165, 1.54) is 26.4 Å². The molecule has 1 atom stereocenters. The average molecular weight is 271 g/mol. The first-order valence-electron chi connectivity index (χ1n) is 7.45. The van der Waals surface area contributed by atoms with Gasteiger partial charge in [-0.05, 0) is 59.3 Å². The molecule has 0 amide bonds. The van der Waals surface area contributed by atoms with Gasteiger partial charge in [0.15, 0.2) is 0 Å². The van der Waals surface area contributed by atoms with Gasteiger partial charge in [-0.15, -0.1) is 0 Å². The fourth-order valence-corrected chi connectivity index (χ4v) is 2.46. The van der Waals surface area contributed by atoms with E-state index >= 15 is 0 Å². The maximum absolute atomic E-state index is 11.9. The highest BCUT2D eigenvalue weighted by atomic mass is 16.5. The van der Waals surface area contributed by atoms with Crippen LogP contribution < -0.4 is 5.32 Å². The minimum atomic E-state index is -0.584. The fraction of sp³-hybridized carbons (Fsp3) is 0.933. The number of hydrogen-bond donors (Lipinski definition) is 1. The Morgan fingerprint density at radius 3 is 2.53 bits per heavy atom. The lowest BCUT2D eigenvalue weighted by Gasteiger charge is -2.30. The SMILES string of the molecule is COC(=O)C(C)(CCCCOC1CCC1)NC(C)C. The van der Waals surface area contributed by atoms with Crippen molar-refractivity contribution in [3.05, 3.63) is 0 Å². The summed E-state index contributed by atoms with van der Waals surface area (Å²) < 4.78 is 10.6. The molecule has 4 nitrogen and oxygen atoms in total. The molecule has 1 N–H and O–H groups in total. The summed E-state index contributed by atoms with van der Waals surface area (Å²) in [5.74, 6) is -0.180. The summed E-state index contributed by atoms with van der Waals surface area (Å²) >= 11 is 0. The highest BCUT2D eigenvalue weighted by Crippen LogP contribution is 2.22. The van der Waals surface area contributed by atoms with Crippen LogP contribution in [-0.2, 0) is 14.3 Å². The van der Waals surface area contributed by atoms with Crippen LogP contribution in [0.3, 0.4) is 0 Å². The van der Waals surface area contributed by atoms with E-state index in [0.29, 0.717) is 6.10 Å². The van der Waals surface area contributed by atoms with Gasteiger partial charge in [-0.3, -0.25) is 10.1 Å². The van der Waals surface area contributed by atoms with E-state index in [1.54, 1.807) is 0 Å². The molecule has 112 valence electrons. The van der Waals surface area contributed by atoms with Crippen molar-refractivity contribution < 1.29 is 14.3 Å². The largest absolute Gasteiger partial charge is 0.468 e. The Hall–Kier alpha value is -0.610. The summed E-state index contributed by atoms with van der Waals surface area (Å²) in [6, 6.07) is 0.260. The number of nitrogens with one attached hydrogen (secondary N) is 1. The van der Waals surface area contributed by atoms with E-state index < -0.39 is 5.54 Å². The Balaban J connectivity index is 2.25. The summed E-state index contributed by atoms with van der Waals surface area (Å²) in [5.41, 5.74) is -0.584. The lowest BCUT2D eigenvalue weighted by molar-refractivity contribution is -0.148. The van der Waals surface area contributed by atoms with Gasteiger partial charge < -0.3 is 9.47 Å². The van der Waals surface area contributed by atoms with Crippen molar-refractivity contribution in [3.63, 3.8) is 0 Å². The van der Waals surface area contributed by atoms with Gasteiger partial charge >= 0.3 is 5.97 Å². The molecule has 0 radical (unpaired) electrons.